The number of likely N-dealkylation sites (tertiary alicyclic amines) is 1. The SMILES string of the molecule is CCNC(=O)C[N+]1(C)CCC[C@@H](N)C1.O=C(O)C(F)(F)F.O=C([O-])C(F)(F)F. The van der Waals surface area contributed by atoms with E-state index in [-0.39, 0.29) is 11.9 Å². The summed E-state index contributed by atoms with van der Waals surface area (Å²) in [7, 11) is 2.12. The highest BCUT2D eigenvalue weighted by atomic mass is 19.4. The molecular weight excluding hydrogens is 404 g/mol. The zero-order valence-corrected chi connectivity index (χ0v) is 15.2. The first-order valence-electron chi connectivity index (χ1n) is 7.88. The largest absolute Gasteiger partial charge is 0.542 e. The van der Waals surface area contributed by atoms with Gasteiger partial charge >= 0.3 is 18.3 Å². The molecular formula is C14H23F6N3O5. The number of alkyl halides is 6. The molecule has 1 aliphatic heterocycles. The van der Waals surface area contributed by atoms with E-state index in [1.807, 2.05) is 6.92 Å². The average Bonchev–Trinajstić information content (AvgIpc) is 2.45. The smallest absolute Gasteiger partial charge is 0.490 e. The second kappa shape index (κ2) is 11.7. The summed E-state index contributed by atoms with van der Waals surface area (Å²) in [5.74, 6) is -5.62. The molecule has 1 heterocycles. The van der Waals surface area contributed by atoms with Gasteiger partial charge in [-0.3, -0.25) is 4.79 Å². The molecule has 1 saturated heterocycles. The lowest BCUT2D eigenvalue weighted by Gasteiger charge is -2.39. The molecule has 0 aromatic heterocycles. The van der Waals surface area contributed by atoms with E-state index in [1.165, 1.54) is 0 Å². The van der Waals surface area contributed by atoms with Crippen molar-refractivity contribution in [2.24, 2.45) is 5.73 Å². The summed E-state index contributed by atoms with van der Waals surface area (Å²) in [6.45, 7) is 5.23. The number of likely N-dealkylation sites (N-methyl/N-ethyl adjacent to an activating group) is 2. The predicted molar refractivity (Wildman–Crippen MR) is 81.4 cm³/mol. The van der Waals surface area contributed by atoms with E-state index in [4.69, 9.17) is 25.5 Å². The molecule has 28 heavy (non-hydrogen) atoms. The molecule has 0 spiro atoms. The van der Waals surface area contributed by atoms with Gasteiger partial charge in [0.25, 0.3) is 5.91 Å². The van der Waals surface area contributed by atoms with Crippen molar-refractivity contribution in [1.82, 2.24) is 5.32 Å². The molecule has 1 aliphatic rings. The molecule has 0 aromatic rings. The van der Waals surface area contributed by atoms with Crippen molar-refractivity contribution >= 4 is 17.8 Å². The number of hydrogen-bond donors (Lipinski definition) is 3. The number of piperidine rings is 1. The van der Waals surface area contributed by atoms with Crippen molar-refractivity contribution in [1.29, 1.82) is 0 Å². The maximum Gasteiger partial charge on any atom is 0.490 e. The number of halogens is 6. The van der Waals surface area contributed by atoms with Crippen LogP contribution in [0.1, 0.15) is 19.8 Å². The number of carboxylic acid groups (broad SMARTS) is 2. The van der Waals surface area contributed by atoms with Crippen LogP contribution in [0, 0.1) is 0 Å². The second-order valence-electron chi connectivity index (χ2n) is 6.13. The number of nitrogens with two attached hydrogens (primary N) is 1. The molecule has 0 radical (unpaired) electrons. The molecule has 0 aromatic carbocycles. The average molecular weight is 427 g/mol. The summed E-state index contributed by atoms with van der Waals surface area (Å²) >= 11 is 0. The van der Waals surface area contributed by atoms with Gasteiger partial charge in [-0.15, -0.1) is 0 Å². The number of nitrogens with one attached hydrogen (secondary N) is 1. The lowest BCUT2D eigenvalue weighted by Crippen LogP contribution is -2.58. The number of quaternary nitrogens is 1. The molecule has 8 nitrogen and oxygen atoms in total. The van der Waals surface area contributed by atoms with Gasteiger partial charge in [-0.05, 0) is 19.8 Å². The Labute approximate surface area is 156 Å². The lowest BCUT2D eigenvalue weighted by molar-refractivity contribution is -0.907. The van der Waals surface area contributed by atoms with Gasteiger partial charge in [-0.1, -0.05) is 0 Å². The van der Waals surface area contributed by atoms with E-state index in [2.05, 4.69) is 12.4 Å². The fourth-order valence-corrected chi connectivity index (χ4v) is 2.23. The van der Waals surface area contributed by atoms with E-state index in [9.17, 15) is 31.1 Å². The van der Waals surface area contributed by atoms with Crippen molar-refractivity contribution in [3.8, 4) is 0 Å². The van der Waals surface area contributed by atoms with Gasteiger partial charge in [0.15, 0.2) is 6.54 Å². The van der Waals surface area contributed by atoms with Crippen LogP contribution in [-0.2, 0) is 14.4 Å². The zero-order chi connectivity index (χ0) is 22.8. The van der Waals surface area contributed by atoms with Gasteiger partial charge in [-0.2, -0.15) is 26.3 Å². The Morgan fingerprint density at radius 1 is 1.18 bits per heavy atom. The van der Waals surface area contributed by atoms with Crippen LogP contribution in [0.5, 0.6) is 0 Å². The first-order valence-corrected chi connectivity index (χ1v) is 7.88. The predicted octanol–water partition coefficient (Wildman–Crippen LogP) is -0.378. The Morgan fingerprint density at radius 2 is 1.61 bits per heavy atom. The van der Waals surface area contributed by atoms with Crippen LogP contribution in [-0.4, -0.2) is 79.1 Å². The number of carbonyl (C=O) groups excluding carboxylic acids is 2. The summed E-state index contributed by atoms with van der Waals surface area (Å²) in [6, 6.07) is 0.267. The Morgan fingerprint density at radius 3 is 1.89 bits per heavy atom. The van der Waals surface area contributed by atoms with Crippen LogP contribution in [0.2, 0.25) is 0 Å². The van der Waals surface area contributed by atoms with Crippen molar-refractivity contribution in [2.75, 3.05) is 33.2 Å². The quantitative estimate of drug-likeness (QED) is 0.416. The topological polar surface area (TPSA) is 133 Å². The van der Waals surface area contributed by atoms with Crippen molar-refractivity contribution in [2.45, 2.75) is 38.2 Å². The van der Waals surface area contributed by atoms with Gasteiger partial charge in [0.05, 0.1) is 26.2 Å². The third-order valence-corrected chi connectivity index (χ3v) is 3.32. The fourth-order valence-electron chi connectivity index (χ4n) is 2.23. The summed E-state index contributed by atoms with van der Waals surface area (Å²) in [6.07, 6.45) is -8.04. The summed E-state index contributed by atoms with van der Waals surface area (Å²) in [4.78, 5) is 29.1. The molecule has 14 heteroatoms. The molecule has 1 unspecified atom stereocenters. The van der Waals surface area contributed by atoms with Gasteiger partial charge in [0, 0.05) is 6.54 Å². The molecule has 166 valence electrons. The minimum Gasteiger partial charge on any atom is -0.542 e. The number of rotatable bonds is 3. The van der Waals surface area contributed by atoms with Gasteiger partial charge in [0.1, 0.15) is 5.97 Å². The molecule has 1 fully saturated rings. The highest BCUT2D eigenvalue weighted by Crippen LogP contribution is 2.15. The minimum absolute atomic E-state index is 0.143. The third kappa shape index (κ3) is 14.0. The number of hydrogen-bond acceptors (Lipinski definition) is 5. The Balaban J connectivity index is 0. The number of aliphatic carboxylic acids is 2. The Bertz CT molecular complexity index is 503. The standard InChI is InChI=1S/C10H21N3O.2C2HF3O2/c1-3-12-10(14)8-13(2)6-4-5-9(11)7-13;2*3-2(4,5)1(6)7/h9H,3-8,11H2,1-2H3;2*(H,6,7)/t9-,13?;;/m1../s1. The van der Waals surface area contributed by atoms with Crippen LogP contribution >= 0.6 is 0 Å². The molecule has 0 aliphatic carbocycles. The van der Waals surface area contributed by atoms with Crippen molar-refractivity contribution < 1.29 is 55.4 Å². The van der Waals surface area contributed by atoms with Crippen LogP contribution < -0.4 is 16.2 Å². The lowest BCUT2D eigenvalue weighted by atomic mass is 10.0. The molecule has 0 bridgehead atoms. The molecule has 4 N–H and O–H groups in total. The molecule has 1 amide bonds. The normalized spacial score (nSPS) is 22.0. The number of amides is 1. The third-order valence-electron chi connectivity index (χ3n) is 3.32. The van der Waals surface area contributed by atoms with E-state index >= 15 is 0 Å². The van der Waals surface area contributed by atoms with Crippen LogP contribution in [0.25, 0.3) is 0 Å². The summed E-state index contributed by atoms with van der Waals surface area (Å²) in [5, 5.41) is 18.7. The molecule has 2 atom stereocenters. The minimum atomic E-state index is -5.19. The second-order valence-corrected chi connectivity index (χ2v) is 6.13. The number of nitrogens with zero attached hydrogens (tertiary/aromatic N) is 1. The van der Waals surface area contributed by atoms with Crippen LogP contribution in [0.3, 0.4) is 0 Å². The first-order chi connectivity index (χ1) is 12.4. The van der Waals surface area contributed by atoms with Gasteiger partial charge in [0.2, 0.25) is 0 Å². The van der Waals surface area contributed by atoms with Gasteiger partial charge < -0.3 is 30.5 Å². The Hall–Kier alpha value is -2.09. The summed E-state index contributed by atoms with van der Waals surface area (Å²) in [5.41, 5.74) is 5.91. The monoisotopic (exact) mass is 427 g/mol. The van der Waals surface area contributed by atoms with E-state index in [0.29, 0.717) is 13.1 Å². The highest BCUT2D eigenvalue weighted by Gasteiger charge is 2.38. The van der Waals surface area contributed by atoms with Crippen molar-refractivity contribution in [3.63, 3.8) is 0 Å². The number of carbonyl (C=O) groups is 3. The van der Waals surface area contributed by atoms with Crippen LogP contribution in [0.4, 0.5) is 26.3 Å². The fraction of sp³-hybridized carbons (Fsp3) is 0.786. The maximum atomic E-state index is 11.5. The highest BCUT2D eigenvalue weighted by molar-refractivity contribution is 5.77. The first kappa shape index (κ1) is 28.1. The summed E-state index contributed by atoms with van der Waals surface area (Å²) < 4.78 is 64.1. The van der Waals surface area contributed by atoms with Crippen molar-refractivity contribution in [3.05, 3.63) is 0 Å². The molecule has 0 saturated carbocycles. The Kier molecular flexibility index (Phi) is 11.7. The van der Waals surface area contributed by atoms with E-state index in [0.717, 1.165) is 30.4 Å². The number of carboxylic acids is 2. The zero-order valence-electron chi connectivity index (χ0n) is 15.2. The van der Waals surface area contributed by atoms with E-state index < -0.39 is 24.3 Å². The van der Waals surface area contributed by atoms with Gasteiger partial charge in [-0.25, -0.2) is 4.79 Å². The maximum absolute atomic E-state index is 11.5. The van der Waals surface area contributed by atoms with E-state index in [1.54, 1.807) is 0 Å². The molecule has 1 rings (SSSR count). The van der Waals surface area contributed by atoms with Crippen LogP contribution in [0.15, 0.2) is 0 Å².